The maximum absolute atomic E-state index is 12.7. The summed E-state index contributed by atoms with van der Waals surface area (Å²) in [6.07, 6.45) is 4.96. The van der Waals surface area contributed by atoms with Gasteiger partial charge in [-0.25, -0.2) is 15.0 Å². The smallest absolute Gasteiger partial charge is 0.256 e. The Bertz CT molecular complexity index is 1160. The molecule has 0 bridgehead atoms. The Balaban J connectivity index is 1.52. The van der Waals surface area contributed by atoms with Crippen LogP contribution >= 0.6 is 0 Å². The molecule has 150 valence electrons. The van der Waals surface area contributed by atoms with E-state index in [2.05, 4.69) is 35.8 Å². The first-order valence-electron chi connectivity index (χ1n) is 9.42. The number of amides is 1. The Morgan fingerprint density at radius 3 is 2.63 bits per heavy atom. The Kier molecular flexibility index (Phi) is 5.42. The van der Waals surface area contributed by atoms with Gasteiger partial charge < -0.3 is 15.2 Å². The van der Waals surface area contributed by atoms with Crippen molar-refractivity contribution in [2.45, 2.75) is 19.9 Å². The van der Waals surface area contributed by atoms with E-state index in [4.69, 9.17) is 0 Å². The first-order valence-corrected chi connectivity index (χ1v) is 9.42. The molecule has 0 fully saturated rings. The van der Waals surface area contributed by atoms with Gasteiger partial charge in [0.05, 0.1) is 0 Å². The third-order valence-electron chi connectivity index (χ3n) is 4.30. The van der Waals surface area contributed by atoms with Crippen LogP contribution in [0.3, 0.4) is 0 Å². The molecule has 3 heterocycles. The lowest BCUT2D eigenvalue weighted by Gasteiger charge is -2.11. The van der Waals surface area contributed by atoms with Crippen molar-refractivity contribution in [3.05, 3.63) is 72.8 Å². The van der Waals surface area contributed by atoms with Crippen LogP contribution in [0.1, 0.15) is 30.2 Å². The number of hydrogen-bond acceptors (Lipinski definition) is 7. The summed E-state index contributed by atoms with van der Waals surface area (Å²) < 4.78 is 1.93. The van der Waals surface area contributed by atoms with Crippen LogP contribution in [0.15, 0.2) is 67.3 Å². The van der Waals surface area contributed by atoms with Crippen LogP contribution in [0, 0.1) is 0 Å². The molecule has 0 radical (unpaired) electrons. The Labute approximate surface area is 173 Å². The second-order valence-electron chi connectivity index (χ2n) is 6.80. The van der Waals surface area contributed by atoms with Gasteiger partial charge in [-0.3, -0.25) is 4.79 Å². The maximum atomic E-state index is 12.7. The molecule has 0 spiro atoms. The zero-order chi connectivity index (χ0) is 20.9. The molecule has 1 aromatic carbocycles. The summed E-state index contributed by atoms with van der Waals surface area (Å²) in [6, 6.07) is 14.4. The normalized spacial score (nSPS) is 10.8. The fourth-order valence-corrected chi connectivity index (χ4v) is 2.85. The number of nitrogens with zero attached hydrogens (tertiary/aromatic N) is 6. The molecule has 3 aromatic heterocycles. The highest BCUT2D eigenvalue weighted by Crippen LogP contribution is 2.20. The number of carbonyl (C=O) groups excluding carboxylic acids is 1. The number of carbonyl (C=O) groups is 1. The molecule has 4 rings (SSSR count). The summed E-state index contributed by atoms with van der Waals surface area (Å²) in [4.78, 5) is 25.5. The van der Waals surface area contributed by atoms with Crippen molar-refractivity contribution < 1.29 is 4.79 Å². The van der Waals surface area contributed by atoms with Gasteiger partial charge in [-0.15, -0.1) is 10.2 Å². The van der Waals surface area contributed by atoms with Gasteiger partial charge in [-0.05, 0) is 50.2 Å². The van der Waals surface area contributed by atoms with Crippen molar-refractivity contribution in [1.29, 1.82) is 0 Å². The van der Waals surface area contributed by atoms with E-state index in [0.29, 0.717) is 34.5 Å². The standard InChI is InChI=1S/C21H20N8O/c1-14(2)29-13-24-28-19(29)17-8-4-9-18(26-17)27-20(30)15-6-3-7-16(12-15)25-21-22-10-5-11-23-21/h3-14H,1-2H3,(H,22,23,25)(H,26,27,30). The quantitative estimate of drug-likeness (QED) is 0.507. The lowest BCUT2D eigenvalue weighted by molar-refractivity contribution is 0.102. The molecule has 0 aliphatic heterocycles. The van der Waals surface area contributed by atoms with Crippen LogP contribution < -0.4 is 10.6 Å². The summed E-state index contributed by atoms with van der Waals surface area (Å²) in [5.74, 6) is 1.26. The number of rotatable bonds is 6. The first kappa shape index (κ1) is 19.2. The Hall–Kier alpha value is -4.14. The van der Waals surface area contributed by atoms with Crippen molar-refractivity contribution in [2.75, 3.05) is 10.6 Å². The summed E-state index contributed by atoms with van der Waals surface area (Å²) in [7, 11) is 0. The molecule has 9 nitrogen and oxygen atoms in total. The van der Waals surface area contributed by atoms with Gasteiger partial charge >= 0.3 is 0 Å². The number of hydrogen-bond donors (Lipinski definition) is 2. The van der Waals surface area contributed by atoms with E-state index in [-0.39, 0.29) is 11.9 Å². The zero-order valence-corrected chi connectivity index (χ0v) is 16.5. The van der Waals surface area contributed by atoms with E-state index in [1.165, 1.54) is 0 Å². The van der Waals surface area contributed by atoms with E-state index in [9.17, 15) is 4.79 Å². The lowest BCUT2D eigenvalue weighted by Crippen LogP contribution is -2.13. The minimum Gasteiger partial charge on any atom is -0.324 e. The maximum Gasteiger partial charge on any atom is 0.256 e. The second kappa shape index (κ2) is 8.48. The van der Waals surface area contributed by atoms with E-state index < -0.39 is 0 Å². The van der Waals surface area contributed by atoms with E-state index in [1.54, 1.807) is 49.1 Å². The van der Waals surface area contributed by atoms with Gasteiger partial charge in [-0.1, -0.05) is 12.1 Å². The van der Waals surface area contributed by atoms with Gasteiger partial charge in [0.2, 0.25) is 5.95 Å². The molecular weight excluding hydrogens is 380 g/mol. The Morgan fingerprint density at radius 2 is 1.83 bits per heavy atom. The summed E-state index contributed by atoms with van der Waals surface area (Å²) in [5.41, 5.74) is 1.82. The predicted octanol–water partition coefficient (Wildman–Crippen LogP) is 3.71. The minimum atomic E-state index is -0.275. The Morgan fingerprint density at radius 1 is 1.03 bits per heavy atom. The molecule has 0 atom stereocenters. The topological polar surface area (TPSA) is 111 Å². The molecule has 1 amide bonds. The van der Waals surface area contributed by atoms with Crippen molar-refractivity contribution in [3.8, 4) is 11.5 Å². The van der Waals surface area contributed by atoms with Crippen molar-refractivity contribution in [3.63, 3.8) is 0 Å². The molecule has 4 aromatic rings. The van der Waals surface area contributed by atoms with E-state index in [0.717, 1.165) is 0 Å². The van der Waals surface area contributed by atoms with Gasteiger partial charge in [0.1, 0.15) is 17.8 Å². The average Bonchev–Trinajstić information content (AvgIpc) is 3.25. The van der Waals surface area contributed by atoms with Crippen molar-refractivity contribution in [2.24, 2.45) is 0 Å². The highest BCUT2D eigenvalue weighted by molar-refractivity contribution is 6.04. The number of nitrogens with one attached hydrogen (secondary N) is 2. The number of benzene rings is 1. The molecule has 0 saturated heterocycles. The first-order chi connectivity index (χ1) is 14.6. The average molecular weight is 400 g/mol. The fourth-order valence-electron chi connectivity index (χ4n) is 2.85. The lowest BCUT2D eigenvalue weighted by atomic mass is 10.2. The van der Waals surface area contributed by atoms with Crippen LogP contribution in [0.4, 0.5) is 17.5 Å². The number of anilines is 3. The van der Waals surface area contributed by atoms with Crippen LogP contribution in [-0.2, 0) is 0 Å². The molecule has 9 heteroatoms. The van der Waals surface area contributed by atoms with Crippen LogP contribution in [0.25, 0.3) is 11.5 Å². The molecular formula is C21H20N8O. The molecule has 0 aliphatic carbocycles. The van der Waals surface area contributed by atoms with Crippen molar-refractivity contribution >= 4 is 23.4 Å². The molecule has 2 N–H and O–H groups in total. The summed E-state index contributed by atoms with van der Waals surface area (Å²) >= 11 is 0. The number of aromatic nitrogens is 6. The molecule has 30 heavy (non-hydrogen) atoms. The molecule has 0 unspecified atom stereocenters. The highest BCUT2D eigenvalue weighted by atomic mass is 16.1. The third-order valence-corrected chi connectivity index (χ3v) is 4.30. The zero-order valence-electron chi connectivity index (χ0n) is 16.5. The highest BCUT2D eigenvalue weighted by Gasteiger charge is 2.13. The second-order valence-corrected chi connectivity index (χ2v) is 6.80. The van der Waals surface area contributed by atoms with Gasteiger partial charge in [0.25, 0.3) is 5.91 Å². The molecule has 0 aliphatic rings. The summed E-state index contributed by atoms with van der Waals surface area (Å²) in [5, 5.41) is 14.0. The van der Waals surface area contributed by atoms with Gasteiger partial charge in [0.15, 0.2) is 5.82 Å². The van der Waals surface area contributed by atoms with Crippen molar-refractivity contribution in [1.82, 2.24) is 29.7 Å². The summed E-state index contributed by atoms with van der Waals surface area (Å²) in [6.45, 7) is 4.08. The largest absolute Gasteiger partial charge is 0.324 e. The van der Waals surface area contributed by atoms with E-state index in [1.807, 2.05) is 36.6 Å². The van der Waals surface area contributed by atoms with E-state index >= 15 is 0 Å². The predicted molar refractivity (Wildman–Crippen MR) is 113 cm³/mol. The molecule has 0 saturated carbocycles. The van der Waals surface area contributed by atoms with Crippen LogP contribution in [-0.4, -0.2) is 35.6 Å². The minimum absolute atomic E-state index is 0.193. The van der Waals surface area contributed by atoms with Crippen LogP contribution in [0.5, 0.6) is 0 Å². The SMILES string of the molecule is CC(C)n1cnnc1-c1cccc(NC(=O)c2cccc(Nc3ncccn3)c2)n1. The van der Waals surface area contributed by atoms with Crippen LogP contribution in [0.2, 0.25) is 0 Å². The fraction of sp³-hybridized carbons (Fsp3) is 0.143. The number of pyridine rings is 1. The monoisotopic (exact) mass is 400 g/mol. The van der Waals surface area contributed by atoms with Gasteiger partial charge in [0, 0.05) is 29.7 Å². The third kappa shape index (κ3) is 4.30. The van der Waals surface area contributed by atoms with Gasteiger partial charge in [-0.2, -0.15) is 0 Å².